The number of aliphatic carboxylic acids is 1. The lowest BCUT2D eigenvalue weighted by Gasteiger charge is -2.27. The summed E-state index contributed by atoms with van der Waals surface area (Å²) < 4.78 is 17.1. The van der Waals surface area contributed by atoms with E-state index in [1.165, 1.54) is 0 Å². The minimum absolute atomic E-state index is 0.0943. The van der Waals surface area contributed by atoms with Gasteiger partial charge in [-0.2, -0.15) is 0 Å². The average molecular weight is 458 g/mol. The number of hydrogen-bond acceptors (Lipinski definition) is 6. The molecule has 2 rings (SSSR count). The van der Waals surface area contributed by atoms with Crippen molar-refractivity contribution in [1.82, 2.24) is 0 Å². The molecule has 0 heterocycles. The fourth-order valence-corrected chi connectivity index (χ4v) is 3.16. The SMILES string of the molecule is CCO[C@@H](CC/C=C/C(=O)O)[C@@H](OC(=O)Nc1ccc(C)cc1)c1ccc(OCCO)cc1. The number of aryl methyl sites for hydroxylation is 1. The molecule has 2 aromatic rings. The van der Waals surface area contributed by atoms with E-state index in [1.807, 2.05) is 26.0 Å². The van der Waals surface area contributed by atoms with Gasteiger partial charge in [-0.1, -0.05) is 35.9 Å². The highest BCUT2D eigenvalue weighted by atomic mass is 16.6. The Hall–Kier alpha value is -3.36. The van der Waals surface area contributed by atoms with E-state index in [0.29, 0.717) is 36.4 Å². The monoisotopic (exact) mass is 457 g/mol. The quantitative estimate of drug-likeness (QED) is 0.380. The Kier molecular flexibility index (Phi) is 10.9. The third-order valence-corrected chi connectivity index (χ3v) is 4.70. The summed E-state index contributed by atoms with van der Waals surface area (Å²) in [6.07, 6.45) is 1.65. The molecule has 0 spiro atoms. The number of ether oxygens (including phenoxy) is 3. The van der Waals surface area contributed by atoms with Gasteiger partial charge < -0.3 is 24.4 Å². The first kappa shape index (κ1) is 25.9. The van der Waals surface area contributed by atoms with Crippen molar-refractivity contribution in [2.75, 3.05) is 25.1 Å². The number of carboxylic acids is 1. The number of anilines is 1. The highest BCUT2D eigenvalue weighted by molar-refractivity contribution is 5.84. The summed E-state index contributed by atoms with van der Waals surface area (Å²) in [6, 6.07) is 14.3. The van der Waals surface area contributed by atoms with Crippen LogP contribution in [0.2, 0.25) is 0 Å². The van der Waals surface area contributed by atoms with E-state index in [-0.39, 0.29) is 13.2 Å². The number of carbonyl (C=O) groups is 2. The lowest BCUT2D eigenvalue weighted by molar-refractivity contribution is -0.131. The van der Waals surface area contributed by atoms with Crippen molar-refractivity contribution in [3.05, 3.63) is 71.8 Å². The number of aliphatic hydroxyl groups is 1. The van der Waals surface area contributed by atoms with Gasteiger partial charge in [-0.15, -0.1) is 0 Å². The van der Waals surface area contributed by atoms with Gasteiger partial charge in [0, 0.05) is 18.4 Å². The molecule has 0 saturated heterocycles. The predicted octanol–water partition coefficient (Wildman–Crippen LogP) is 4.48. The first-order chi connectivity index (χ1) is 15.9. The third-order valence-electron chi connectivity index (χ3n) is 4.70. The van der Waals surface area contributed by atoms with Gasteiger partial charge >= 0.3 is 12.1 Å². The smallest absolute Gasteiger partial charge is 0.412 e. The van der Waals surface area contributed by atoms with Gasteiger partial charge in [0.25, 0.3) is 0 Å². The van der Waals surface area contributed by atoms with Crippen LogP contribution in [0.4, 0.5) is 10.5 Å². The zero-order valence-corrected chi connectivity index (χ0v) is 18.9. The number of nitrogens with one attached hydrogen (secondary N) is 1. The van der Waals surface area contributed by atoms with Gasteiger partial charge in [-0.3, -0.25) is 5.32 Å². The molecule has 0 saturated carbocycles. The molecule has 0 aromatic heterocycles. The number of carbonyl (C=O) groups excluding carboxylic acids is 1. The molecule has 2 aromatic carbocycles. The zero-order valence-electron chi connectivity index (χ0n) is 18.9. The zero-order chi connectivity index (χ0) is 24.1. The van der Waals surface area contributed by atoms with E-state index in [0.717, 1.165) is 11.6 Å². The Morgan fingerprint density at radius 1 is 1.09 bits per heavy atom. The number of rotatable bonds is 13. The number of amides is 1. The molecule has 33 heavy (non-hydrogen) atoms. The van der Waals surface area contributed by atoms with E-state index >= 15 is 0 Å². The fraction of sp³-hybridized carbons (Fsp3) is 0.360. The number of carboxylic acid groups (broad SMARTS) is 1. The molecule has 0 unspecified atom stereocenters. The van der Waals surface area contributed by atoms with Gasteiger partial charge in [-0.25, -0.2) is 9.59 Å². The van der Waals surface area contributed by atoms with E-state index in [9.17, 15) is 9.59 Å². The van der Waals surface area contributed by atoms with Gasteiger partial charge in [0.05, 0.1) is 12.7 Å². The summed E-state index contributed by atoms with van der Waals surface area (Å²) in [6.45, 7) is 4.27. The molecule has 0 fully saturated rings. The molecule has 0 radical (unpaired) electrons. The van der Waals surface area contributed by atoms with Crippen LogP contribution < -0.4 is 10.1 Å². The van der Waals surface area contributed by atoms with Gasteiger partial charge in [-0.05, 0) is 56.5 Å². The van der Waals surface area contributed by atoms with Crippen molar-refractivity contribution in [1.29, 1.82) is 0 Å². The van der Waals surface area contributed by atoms with Crippen molar-refractivity contribution in [2.24, 2.45) is 0 Å². The van der Waals surface area contributed by atoms with Crippen LogP contribution in [0.25, 0.3) is 0 Å². The summed E-state index contributed by atoms with van der Waals surface area (Å²) in [4.78, 5) is 23.4. The molecule has 8 nitrogen and oxygen atoms in total. The number of aliphatic hydroxyl groups excluding tert-OH is 1. The van der Waals surface area contributed by atoms with Crippen LogP contribution in [0.3, 0.4) is 0 Å². The molecule has 8 heteroatoms. The normalized spacial score (nSPS) is 12.8. The van der Waals surface area contributed by atoms with Gasteiger partial charge in [0.2, 0.25) is 0 Å². The molecule has 0 aliphatic carbocycles. The molecule has 178 valence electrons. The second kappa shape index (κ2) is 13.9. The van der Waals surface area contributed by atoms with Crippen LogP contribution in [0, 0.1) is 6.92 Å². The van der Waals surface area contributed by atoms with Gasteiger partial charge in [0.15, 0.2) is 6.10 Å². The fourth-order valence-electron chi connectivity index (χ4n) is 3.16. The molecule has 0 aliphatic heterocycles. The number of hydrogen-bond donors (Lipinski definition) is 3. The minimum Gasteiger partial charge on any atom is -0.491 e. The molecular formula is C25H31NO7. The highest BCUT2D eigenvalue weighted by Crippen LogP contribution is 2.29. The second-order valence-electron chi connectivity index (χ2n) is 7.27. The third kappa shape index (κ3) is 9.34. The van der Waals surface area contributed by atoms with E-state index in [1.54, 1.807) is 42.5 Å². The highest BCUT2D eigenvalue weighted by Gasteiger charge is 2.27. The van der Waals surface area contributed by atoms with Crippen LogP contribution in [0.1, 0.15) is 37.0 Å². The van der Waals surface area contributed by atoms with Crippen LogP contribution in [0.5, 0.6) is 5.75 Å². The van der Waals surface area contributed by atoms with Crippen molar-refractivity contribution < 1.29 is 34.0 Å². The Morgan fingerprint density at radius 3 is 2.39 bits per heavy atom. The molecule has 2 atom stereocenters. The summed E-state index contributed by atoms with van der Waals surface area (Å²) in [5.74, 6) is -0.445. The van der Waals surface area contributed by atoms with Gasteiger partial charge in [0.1, 0.15) is 12.4 Å². The Labute approximate surface area is 193 Å². The Balaban J connectivity index is 2.21. The molecule has 1 amide bonds. The molecular weight excluding hydrogens is 426 g/mol. The van der Waals surface area contributed by atoms with E-state index < -0.39 is 24.3 Å². The van der Waals surface area contributed by atoms with E-state index in [4.69, 9.17) is 24.4 Å². The van der Waals surface area contributed by atoms with Crippen LogP contribution >= 0.6 is 0 Å². The summed E-state index contributed by atoms with van der Waals surface area (Å²) >= 11 is 0. The lowest BCUT2D eigenvalue weighted by Crippen LogP contribution is -2.29. The summed E-state index contributed by atoms with van der Waals surface area (Å²) in [5, 5.41) is 20.5. The van der Waals surface area contributed by atoms with Crippen LogP contribution in [-0.2, 0) is 14.3 Å². The first-order valence-electron chi connectivity index (χ1n) is 10.8. The average Bonchev–Trinajstić information content (AvgIpc) is 2.80. The molecule has 0 aliphatic rings. The predicted molar refractivity (Wildman–Crippen MR) is 124 cm³/mol. The summed E-state index contributed by atoms with van der Waals surface area (Å²) in [7, 11) is 0. The van der Waals surface area contributed by atoms with E-state index in [2.05, 4.69) is 5.32 Å². The standard InChI is InChI=1S/C25H31NO7/c1-3-31-22(6-4-5-7-23(28)29)24(19-10-14-21(15-11-19)32-17-16-27)33-25(30)26-20-12-8-18(2)9-13-20/h5,7-15,22,24,27H,3-4,6,16-17H2,1-2H3,(H,26,30)(H,28,29)/b7-5+/t22-,24-/m0/s1. The van der Waals surface area contributed by atoms with Crippen molar-refractivity contribution >= 4 is 17.7 Å². The van der Waals surface area contributed by atoms with Crippen LogP contribution in [-0.4, -0.2) is 48.2 Å². The topological polar surface area (TPSA) is 114 Å². The van der Waals surface area contributed by atoms with Crippen molar-refractivity contribution in [2.45, 2.75) is 38.9 Å². The minimum atomic E-state index is -1.02. The largest absolute Gasteiger partial charge is 0.491 e. The van der Waals surface area contributed by atoms with Crippen molar-refractivity contribution in [3.8, 4) is 5.75 Å². The van der Waals surface area contributed by atoms with Crippen molar-refractivity contribution in [3.63, 3.8) is 0 Å². The Bertz CT molecular complexity index is 894. The first-order valence-corrected chi connectivity index (χ1v) is 10.8. The molecule has 0 bridgehead atoms. The molecule has 3 N–H and O–H groups in total. The maximum Gasteiger partial charge on any atom is 0.412 e. The number of benzene rings is 2. The second-order valence-corrected chi connectivity index (χ2v) is 7.27. The maximum atomic E-state index is 12.7. The lowest BCUT2D eigenvalue weighted by atomic mass is 10.00. The Morgan fingerprint density at radius 2 is 1.79 bits per heavy atom. The number of allylic oxidation sites excluding steroid dienone is 1. The van der Waals surface area contributed by atoms with Crippen LogP contribution in [0.15, 0.2) is 60.7 Å². The summed E-state index contributed by atoms with van der Waals surface area (Å²) in [5.41, 5.74) is 2.38. The maximum absolute atomic E-state index is 12.7.